The van der Waals surface area contributed by atoms with Crippen LogP contribution in [0.5, 0.6) is 0 Å². The number of rotatable bonds is 6. The average Bonchev–Trinajstić information content (AvgIpc) is 2.65. The van der Waals surface area contributed by atoms with E-state index in [2.05, 4.69) is 50.0 Å². The minimum atomic E-state index is 0.381. The summed E-state index contributed by atoms with van der Waals surface area (Å²) in [5.41, 5.74) is 0. The van der Waals surface area contributed by atoms with Crippen molar-refractivity contribution in [3.63, 3.8) is 0 Å². The maximum absolute atomic E-state index is 4.35. The van der Waals surface area contributed by atoms with Crippen molar-refractivity contribution in [3.8, 4) is 0 Å². The molecule has 0 aliphatic heterocycles. The lowest BCUT2D eigenvalue weighted by molar-refractivity contribution is 0.384. The van der Waals surface area contributed by atoms with Crippen molar-refractivity contribution in [1.82, 2.24) is 20.1 Å². The van der Waals surface area contributed by atoms with Crippen LogP contribution in [-0.4, -0.2) is 27.4 Å². The molecule has 0 saturated carbocycles. The Morgan fingerprint density at radius 3 is 2.50 bits per heavy atom. The summed E-state index contributed by atoms with van der Waals surface area (Å²) in [6, 6.07) is 0.860. The minimum absolute atomic E-state index is 0.381. The molecule has 0 spiro atoms. The monoisotopic (exact) mass is 224 g/mol. The Bertz CT molecular complexity index is 304. The fourth-order valence-electron chi connectivity index (χ4n) is 1.85. The lowest BCUT2D eigenvalue weighted by Crippen LogP contribution is -2.36. The highest BCUT2D eigenvalue weighted by atomic mass is 15.3. The first-order chi connectivity index (χ1) is 7.56. The number of aromatic nitrogens is 3. The van der Waals surface area contributed by atoms with Crippen LogP contribution >= 0.6 is 0 Å². The zero-order valence-electron chi connectivity index (χ0n) is 11.1. The van der Waals surface area contributed by atoms with Gasteiger partial charge in [0.05, 0.1) is 0 Å². The number of nitrogens with zero attached hydrogens (tertiary/aromatic N) is 3. The molecule has 4 nitrogen and oxygen atoms in total. The zero-order chi connectivity index (χ0) is 12.1. The number of nitrogens with one attached hydrogen (secondary N) is 1. The number of hydrogen-bond acceptors (Lipinski definition) is 3. The Balaban J connectivity index is 2.73. The van der Waals surface area contributed by atoms with Gasteiger partial charge in [-0.15, -0.1) is 0 Å². The third-order valence-corrected chi connectivity index (χ3v) is 2.81. The molecule has 0 fully saturated rings. The van der Waals surface area contributed by atoms with Crippen molar-refractivity contribution in [2.24, 2.45) is 5.92 Å². The SMILES string of the molecule is CCNC(Cc1ncnn1C(C)C)C(C)C. The molecule has 1 N–H and O–H groups in total. The molecule has 4 heteroatoms. The van der Waals surface area contributed by atoms with E-state index < -0.39 is 0 Å². The molecule has 92 valence electrons. The molecule has 0 bridgehead atoms. The van der Waals surface area contributed by atoms with Gasteiger partial charge in [-0.3, -0.25) is 0 Å². The quantitative estimate of drug-likeness (QED) is 0.804. The van der Waals surface area contributed by atoms with Crippen LogP contribution in [0.25, 0.3) is 0 Å². The topological polar surface area (TPSA) is 42.7 Å². The molecule has 0 amide bonds. The van der Waals surface area contributed by atoms with Crippen molar-refractivity contribution >= 4 is 0 Å². The summed E-state index contributed by atoms with van der Waals surface area (Å²) in [4.78, 5) is 4.35. The third kappa shape index (κ3) is 3.30. The molecule has 1 atom stereocenters. The first-order valence-corrected chi connectivity index (χ1v) is 6.18. The van der Waals surface area contributed by atoms with Gasteiger partial charge in [0.25, 0.3) is 0 Å². The van der Waals surface area contributed by atoms with Crippen LogP contribution in [0.3, 0.4) is 0 Å². The van der Waals surface area contributed by atoms with Gasteiger partial charge in [-0.05, 0) is 26.3 Å². The van der Waals surface area contributed by atoms with Crippen molar-refractivity contribution in [3.05, 3.63) is 12.2 Å². The van der Waals surface area contributed by atoms with Crippen LogP contribution < -0.4 is 5.32 Å². The van der Waals surface area contributed by atoms with E-state index >= 15 is 0 Å². The van der Waals surface area contributed by atoms with E-state index in [0.29, 0.717) is 18.0 Å². The van der Waals surface area contributed by atoms with Gasteiger partial charge in [0.1, 0.15) is 12.2 Å². The lowest BCUT2D eigenvalue weighted by Gasteiger charge is -2.22. The molecule has 16 heavy (non-hydrogen) atoms. The van der Waals surface area contributed by atoms with E-state index in [1.54, 1.807) is 6.33 Å². The van der Waals surface area contributed by atoms with E-state index in [-0.39, 0.29) is 0 Å². The maximum atomic E-state index is 4.35. The summed E-state index contributed by atoms with van der Waals surface area (Å²) in [7, 11) is 0. The number of likely N-dealkylation sites (N-methyl/N-ethyl adjacent to an activating group) is 1. The highest BCUT2D eigenvalue weighted by Gasteiger charge is 2.17. The first kappa shape index (κ1) is 13.2. The van der Waals surface area contributed by atoms with Gasteiger partial charge in [-0.1, -0.05) is 20.8 Å². The predicted octanol–water partition coefficient (Wildman–Crippen LogP) is 2.04. The molecule has 0 aliphatic rings. The molecule has 1 heterocycles. The summed E-state index contributed by atoms with van der Waals surface area (Å²) >= 11 is 0. The second-order valence-corrected chi connectivity index (χ2v) is 4.83. The van der Waals surface area contributed by atoms with Gasteiger partial charge in [-0.2, -0.15) is 5.10 Å². The largest absolute Gasteiger partial charge is 0.314 e. The molecule has 0 aromatic carbocycles. The molecular weight excluding hydrogens is 200 g/mol. The summed E-state index contributed by atoms with van der Waals surface area (Å²) in [6.45, 7) is 11.9. The smallest absolute Gasteiger partial charge is 0.138 e. The Morgan fingerprint density at radius 1 is 1.31 bits per heavy atom. The van der Waals surface area contributed by atoms with Crippen molar-refractivity contribution < 1.29 is 0 Å². The number of hydrogen-bond donors (Lipinski definition) is 1. The molecule has 1 rings (SSSR count). The van der Waals surface area contributed by atoms with Crippen LogP contribution in [0.1, 0.15) is 46.5 Å². The second-order valence-electron chi connectivity index (χ2n) is 4.83. The minimum Gasteiger partial charge on any atom is -0.314 e. The zero-order valence-corrected chi connectivity index (χ0v) is 11.1. The molecule has 0 radical (unpaired) electrons. The predicted molar refractivity (Wildman–Crippen MR) is 66.4 cm³/mol. The summed E-state index contributed by atoms with van der Waals surface area (Å²) < 4.78 is 2.01. The van der Waals surface area contributed by atoms with E-state index in [4.69, 9.17) is 0 Å². The van der Waals surface area contributed by atoms with Gasteiger partial charge < -0.3 is 5.32 Å². The van der Waals surface area contributed by atoms with Crippen LogP contribution in [-0.2, 0) is 6.42 Å². The third-order valence-electron chi connectivity index (χ3n) is 2.81. The lowest BCUT2D eigenvalue weighted by atomic mass is 10.0. The Hall–Kier alpha value is -0.900. The van der Waals surface area contributed by atoms with Crippen LogP contribution in [0.4, 0.5) is 0 Å². The van der Waals surface area contributed by atoms with Gasteiger partial charge in [-0.25, -0.2) is 9.67 Å². The van der Waals surface area contributed by atoms with Crippen LogP contribution in [0, 0.1) is 5.92 Å². The standard InChI is InChI=1S/C12H24N4/c1-6-13-11(9(2)3)7-12-14-8-15-16(12)10(4)5/h8-11,13H,6-7H2,1-5H3. The Kier molecular flexibility index (Phi) is 4.93. The van der Waals surface area contributed by atoms with Gasteiger partial charge in [0.2, 0.25) is 0 Å². The van der Waals surface area contributed by atoms with Gasteiger partial charge in [0.15, 0.2) is 0 Å². The summed E-state index contributed by atoms with van der Waals surface area (Å²) in [6.07, 6.45) is 2.60. The molecule has 1 unspecified atom stereocenters. The van der Waals surface area contributed by atoms with Crippen molar-refractivity contribution in [1.29, 1.82) is 0 Å². The van der Waals surface area contributed by atoms with E-state index in [0.717, 1.165) is 18.8 Å². The highest BCUT2D eigenvalue weighted by Crippen LogP contribution is 2.11. The average molecular weight is 224 g/mol. The van der Waals surface area contributed by atoms with E-state index in [9.17, 15) is 0 Å². The van der Waals surface area contributed by atoms with Gasteiger partial charge >= 0.3 is 0 Å². The first-order valence-electron chi connectivity index (χ1n) is 6.18. The second kappa shape index (κ2) is 5.99. The fourth-order valence-corrected chi connectivity index (χ4v) is 1.85. The van der Waals surface area contributed by atoms with E-state index in [1.807, 2.05) is 4.68 Å². The van der Waals surface area contributed by atoms with Crippen molar-refractivity contribution in [2.45, 2.75) is 53.1 Å². The van der Waals surface area contributed by atoms with Gasteiger partial charge in [0, 0.05) is 18.5 Å². The highest BCUT2D eigenvalue weighted by molar-refractivity contribution is 4.92. The van der Waals surface area contributed by atoms with E-state index in [1.165, 1.54) is 0 Å². The molecule has 0 saturated heterocycles. The molecule has 1 aromatic rings. The maximum Gasteiger partial charge on any atom is 0.138 e. The Labute approximate surface area is 98.5 Å². The van der Waals surface area contributed by atoms with Crippen LogP contribution in [0.2, 0.25) is 0 Å². The van der Waals surface area contributed by atoms with Crippen molar-refractivity contribution in [2.75, 3.05) is 6.54 Å². The fraction of sp³-hybridized carbons (Fsp3) is 0.833. The molecular formula is C12H24N4. The molecule has 0 aliphatic carbocycles. The summed E-state index contributed by atoms with van der Waals surface area (Å²) in [5, 5.41) is 7.77. The van der Waals surface area contributed by atoms with Crippen LogP contribution in [0.15, 0.2) is 6.33 Å². The normalized spacial score (nSPS) is 13.7. The molecule has 1 aromatic heterocycles. The Morgan fingerprint density at radius 2 is 2.00 bits per heavy atom. The summed E-state index contributed by atoms with van der Waals surface area (Å²) in [5.74, 6) is 1.69.